The highest BCUT2D eigenvalue weighted by atomic mass is 16.1. The normalized spacial score (nSPS) is 15.1. The Balaban J connectivity index is 2.51. The van der Waals surface area contributed by atoms with Crippen LogP contribution in [-0.2, 0) is 0 Å². The summed E-state index contributed by atoms with van der Waals surface area (Å²) in [5, 5.41) is 0. The summed E-state index contributed by atoms with van der Waals surface area (Å²) in [6, 6.07) is 7.95. The number of rotatable bonds is 3. The minimum Gasteiger partial charge on any atom is -0.294 e. The molecule has 0 spiro atoms. The zero-order valence-corrected chi connectivity index (χ0v) is 10.7. The minimum atomic E-state index is 0.227. The van der Waals surface area contributed by atoms with E-state index < -0.39 is 0 Å². The third-order valence-electron chi connectivity index (χ3n) is 3.53. The molecule has 0 fully saturated rings. The molecule has 0 aromatic heterocycles. The van der Waals surface area contributed by atoms with Crippen LogP contribution in [-0.4, -0.2) is 5.78 Å². The number of benzene rings is 1. The van der Waals surface area contributed by atoms with E-state index in [1.165, 1.54) is 16.7 Å². The van der Waals surface area contributed by atoms with E-state index in [1.807, 2.05) is 25.1 Å². The largest absolute Gasteiger partial charge is 0.294 e. The van der Waals surface area contributed by atoms with Crippen LogP contribution >= 0.6 is 0 Å². The molecule has 1 aromatic carbocycles. The lowest BCUT2D eigenvalue weighted by Gasteiger charge is -2.10. The molecule has 0 amide bonds. The number of hydrogen-bond acceptors (Lipinski definition) is 1. The van der Waals surface area contributed by atoms with E-state index in [4.69, 9.17) is 0 Å². The van der Waals surface area contributed by atoms with E-state index >= 15 is 0 Å². The lowest BCUT2D eigenvalue weighted by molar-refractivity contribution is 0.0988. The van der Waals surface area contributed by atoms with Gasteiger partial charge in [0.1, 0.15) is 0 Å². The fourth-order valence-corrected chi connectivity index (χ4v) is 2.29. The summed E-state index contributed by atoms with van der Waals surface area (Å²) in [4.78, 5) is 11.9. The Hall–Kier alpha value is -1.63. The summed E-state index contributed by atoms with van der Waals surface area (Å²) in [6.07, 6.45) is 3.75. The molecule has 0 atom stereocenters. The number of allylic oxidation sites excluding steroid dienone is 4. The van der Waals surface area contributed by atoms with Crippen molar-refractivity contribution in [2.45, 2.75) is 33.6 Å². The van der Waals surface area contributed by atoms with E-state index in [1.54, 1.807) is 0 Å². The molecule has 2 rings (SSSR count). The van der Waals surface area contributed by atoms with Gasteiger partial charge in [-0.25, -0.2) is 0 Å². The van der Waals surface area contributed by atoms with Gasteiger partial charge in [0, 0.05) is 12.0 Å². The molecule has 0 radical (unpaired) electrons. The standard InChI is InChI=1S/C16H18O/c1-4-16(17)15-8-6-5-7-14(15)13-10-9-11(2)12(13)3/h5-9H,4,10H2,1-3H3. The molecule has 17 heavy (non-hydrogen) atoms. The smallest absolute Gasteiger partial charge is 0.163 e. The minimum absolute atomic E-state index is 0.227. The van der Waals surface area contributed by atoms with Gasteiger partial charge in [-0.2, -0.15) is 0 Å². The van der Waals surface area contributed by atoms with Gasteiger partial charge in [0.2, 0.25) is 0 Å². The first-order valence-corrected chi connectivity index (χ1v) is 6.14. The van der Waals surface area contributed by atoms with Gasteiger partial charge < -0.3 is 0 Å². The first-order valence-electron chi connectivity index (χ1n) is 6.14. The maximum Gasteiger partial charge on any atom is 0.163 e. The molecule has 0 N–H and O–H groups in total. The number of carbonyl (C=O) groups is 1. The number of ketones is 1. The van der Waals surface area contributed by atoms with Crippen LogP contribution in [0.15, 0.2) is 41.5 Å². The van der Waals surface area contributed by atoms with Gasteiger partial charge in [0.15, 0.2) is 5.78 Å². The van der Waals surface area contributed by atoms with Crippen LogP contribution in [0.4, 0.5) is 0 Å². The summed E-state index contributed by atoms with van der Waals surface area (Å²) >= 11 is 0. The van der Waals surface area contributed by atoms with Gasteiger partial charge in [-0.05, 0) is 37.0 Å². The highest BCUT2D eigenvalue weighted by molar-refractivity contribution is 6.01. The van der Waals surface area contributed by atoms with Gasteiger partial charge in [0.05, 0.1) is 0 Å². The van der Waals surface area contributed by atoms with Gasteiger partial charge >= 0.3 is 0 Å². The number of carbonyl (C=O) groups excluding carboxylic acids is 1. The monoisotopic (exact) mass is 226 g/mol. The molecule has 88 valence electrons. The van der Waals surface area contributed by atoms with Crippen molar-refractivity contribution in [1.29, 1.82) is 0 Å². The molecule has 1 aliphatic carbocycles. The van der Waals surface area contributed by atoms with E-state index in [9.17, 15) is 4.79 Å². The van der Waals surface area contributed by atoms with Crippen LogP contribution in [0.1, 0.15) is 49.5 Å². The van der Waals surface area contributed by atoms with Crippen LogP contribution in [0.5, 0.6) is 0 Å². The van der Waals surface area contributed by atoms with Crippen LogP contribution in [0.25, 0.3) is 5.57 Å². The third-order valence-corrected chi connectivity index (χ3v) is 3.53. The molecule has 1 heteroatoms. The van der Waals surface area contributed by atoms with E-state index in [2.05, 4.69) is 26.0 Å². The zero-order valence-electron chi connectivity index (χ0n) is 10.7. The summed E-state index contributed by atoms with van der Waals surface area (Å²) < 4.78 is 0. The van der Waals surface area contributed by atoms with Crippen molar-refractivity contribution < 1.29 is 4.79 Å². The fourth-order valence-electron chi connectivity index (χ4n) is 2.29. The maximum atomic E-state index is 11.9. The molecular formula is C16H18O. The third kappa shape index (κ3) is 2.10. The molecule has 0 saturated heterocycles. The van der Waals surface area contributed by atoms with Crippen molar-refractivity contribution in [2.75, 3.05) is 0 Å². The molecule has 0 heterocycles. The van der Waals surface area contributed by atoms with Crippen LogP contribution < -0.4 is 0 Å². The first-order chi connectivity index (χ1) is 8.15. The van der Waals surface area contributed by atoms with Crippen molar-refractivity contribution in [3.8, 4) is 0 Å². The van der Waals surface area contributed by atoms with E-state index in [0.29, 0.717) is 6.42 Å². The van der Waals surface area contributed by atoms with Gasteiger partial charge in [-0.15, -0.1) is 0 Å². The van der Waals surface area contributed by atoms with Gasteiger partial charge in [0.25, 0.3) is 0 Å². The fraction of sp³-hybridized carbons (Fsp3) is 0.312. The molecule has 1 aromatic rings. The quantitative estimate of drug-likeness (QED) is 0.698. The maximum absolute atomic E-state index is 11.9. The number of Topliss-reactive ketones (excluding diaryl/α,β-unsaturated/α-hetero) is 1. The lowest BCUT2D eigenvalue weighted by atomic mass is 9.93. The predicted octanol–water partition coefficient (Wildman–Crippen LogP) is 4.40. The molecular weight excluding hydrogens is 208 g/mol. The van der Waals surface area contributed by atoms with Crippen molar-refractivity contribution in [1.82, 2.24) is 0 Å². The van der Waals surface area contributed by atoms with Gasteiger partial charge in [-0.1, -0.05) is 42.8 Å². The second kappa shape index (κ2) is 4.70. The van der Waals surface area contributed by atoms with Crippen molar-refractivity contribution in [3.63, 3.8) is 0 Å². The SMILES string of the molecule is CCC(=O)c1ccccc1C1=C(C)C(C)=CC1. The second-order valence-corrected chi connectivity index (χ2v) is 4.52. The first kappa shape index (κ1) is 11.8. The molecule has 0 unspecified atom stereocenters. The highest BCUT2D eigenvalue weighted by Gasteiger charge is 2.17. The Labute approximate surface area is 103 Å². The lowest BCUT2D eigenvalue weighted by Crippen LogP contribution is -2.01. The van der Waals surface area contributed by atoms with Crippen LogP contribution in [0, 0.1) is 0 Å². The van der Waals surface area contributed by atoms with E-state index in [0.717, 1.165) is 17.5 Å². The van der Waals surface area contributed by atoms with Crippen molar-refractivity contribution in [2.24, 2.45) is 0 Å². The average Bonchev–Trinajstić information content (AvgIpc) is 2.69. The Bertz CT molecular complexity index is 518. The molecule has 1 nitrogen and oxygen atoms in total. The van der Waals surface area contributed by atoms with Crippen molar-refractivity contribution >= 4 is 11.4 Å². The zero-order chi connectivity index (χ0) is 12.4. The Morgan fingerprint density at radius 2 is 1.94 bits per heavy atom. The molecule has 0 aliphatic heterocycles. The highest BCUT2D eigenvalue weighted by Crippen LogP contribution is 2.34. The number of hydrogen-bond donors (Lipinski definition) is 0. The van der Waals surface area contributed by atoms with Crippen molar-refractivity contribution in [3.05, 3.63) is 52.6 Å². The topological polar surface area (TPSA) is 17.1 Å². The van der Waals surface area contributed by atoms with Gasteiger partial charge in [-0.3, -0.25) is 4.79 Å². The second-order valence-electron chi connectivity index (χ2n) is 4.52. The average molecular weight is 226 g/mol. The predicted molar refractivity (Wildman–Crippen MR) is 72.0 cm³/mol. The summed E-state index contributed by atoms with van der Waals surface area (Å²) in [5.41, 5.74) is 5.94. The Morgan fingerprint density at radius 3 is 2.53 bits per heavy atom. The molecule has 0 saturated carbocycles. The Kier molecular flexibility index (Phi) is 3.28. The van der Waals surface area contributed by atoms with Crippen LogP contribution in [0.3, 0.4) is 0 Å². The molecule has 1 aliphatic rings. The Morgan fingerprint density at radius 1 is 1.24 bits per heavy atom. The van der Waals surface area contributed by atoms with Crippen LogP contribution in [0.2, 0.25) is 0 Å². The summed E-state index contributed by atoms with van der Waals surface area (Å²) in [5.74, 6) is 0.227. The summed E-state index contributed by atoms with van der Waals surface area (Å²) in [7, 11) is 0. The molecule has 0 bridgehead atoms. The summed E-state index contributed by atoms with van der Waals surface area (Å²) in [6.45, 7) is 6.19. The van der Waals surface area contributed by atoms with E-state index in [-0.39, 0.29) is 5.78 Å².